The first-order chi connectivity index (χ1) is 15.1. The van der Waals surface area contributed by atoms with E-state index >= 15 is 0 Å². The summed E-state index contributed by atoms with van der Waals surface area (Å²) in [5.41, 5.74) is 5.84. The maximum absolute atomic E-state index is 12.4. The minimum absolute atomic E-state index is 0.167. The highest BCUT2D eigenvalue weighted by molar-refractivity contribution is 7.13. The molecule has 0 spiro atoms. The van der Waals surface area contributed by atoms with E-state index in [2.05, 4.69) is 36.3 Å². The van der Waals surface area contributed by atoms with Crippen LogP contribution in [0, 0.1) is 0 Å². The third kappa shape index (κ3) is 5.32. The van der Waals surface area contributed by atoms with E-state index in [1.807, 2.05) is 66.2 Å². The fourth-order valence-corrected chi connectivity index (χ4v) is 3.95. The number of rotatable bonds is 6. The number of benzene rings is 2. The summed E-state index contributed by atoms with van der Waals surface area (Å²) < 4.78 is 0. The number of hydrogen-bond donors (Lipinski definition) is 1. The molecule has 31 heavy (non-hydrogen) atoms. The Morgan fingerprint density at radius 1 is 1.03 bits per heavy atom. The number of thiazole rings is 1. The molecule has 1 N–H and O–H groups in total. The lowest BCUT2D eigenvalue weighted by molar-refractivity contribution is -0.111. The third-order valence-corrected chi connectivity index (χ3v) is 5.76. The first-order valence-electron chi connectivity index (χ1n) is 10.1. The van der Waals surface area contributed by atoms with Gasteiger partial charge >= 0.3 is 0 Å². The summed E-state index contributed by atoms with van der Waals surface area (Å²) in [4.78, 5) is 21.3. The lowest BCUT2D eigenvalue weighted by Gasteiger charge is -2.05. The van der Waals surface area contributed by atoms with Crippen molar-refractivity contribution in [2.75, 3.05) is 5.32 Å². The van der Waals surface area contributed by atoms with Gasteiger partial charge in [0, 0.05) is 40.7 Å². The van der Waals surface area contributed by atoms with Gasteiger partial charge in [0.15, 0.2) is 0 Å². The Kier molecular flexibility index (Phi) is 6.34. The first kappa shape index (κ1) is 20.7. The van der Waals surface area contributed by atoms with Crippen LogP contribution < -0.4 is 5.32 Å². The Morgan fingerprint density at radius 3 is 2.58 bits per heavy atom. The number of pyridine rings is 1. The van der Waals surface area contributed by atoms with Crippen molar-refractivity contribution in [1.29, 1.82) is 0 Å². The number of nitrogens with one attached hydrogen (secondary N) is 1. The van der Waals surface area contributed by atoms with Crippen LogP contribution in [-0.2, 0) is 4.79 Å². The molecule has 4 aromatic rings. The van der Waals surface area contributed by atoms with E-state index < -0.39 is 0 Å². The Morgan fingerprint density at radius 2 is 1.84 bits per heavy atom. The van der Waals surface area contributed by atoms with Gasteiger partial charge in [0.25, 0.3) is 0 Å². The van der Waals surface area contributed by atoms with E-state index in [-0.39, 0.29) is 5.91 Å². The largest absolute Gasteiger partial charge is 0.322 e. The van der Waals surface area contributed by atoms with Crippen LogP contribution in [0.15, 0.2) is 84.5 Å². The van der Waals surface area contributed by atoms with Gasteiger partial charge < -0.3 is 5.32 Å². The van der Waals surface area contributed by atoms with Crippen LogP contribution in [0.3, 0.4) is 0 Å². The molecule has 2 heterocycles. The van der Waals surface area contributed by atoms with Crippen LogP contribution in [0.2, 0.25) is 0 Å². The minimum atomic E-state index is -0.167. The van der Waals surface area contributed by atoms with E-state index in [9.17, 15) is 4.79 Å². The molecule has 154 valence electrons. The summed E-state index contributed by atoms with van der Waals surface area (Å²) in [6.45, 7) is 4.33. The lowest BCUT2D eigenvalue weighted by atomic mass is 10.0. The van der Waals surface area contributed by atoms with Gasteiger partial charge in [-0.3, -0.25) is 9.78 Å². The van der Waals surface area contributed by atoms with Crippen LogP contribution in [0.1, 0.15) is 30.9 Å². The van der Waals surface area contributed by atoms with E-state index in [1.54, 1.807) is 23.6 Å². The summed E-state index contributed by atoms with van der Waals surface area (Å²) in [5.74, 6) is 0.325. The van der Waals surface area contributed by atoms with Crippen LogP contribution >= 0.6 is 11.3 Å². The number of carbonyl (C=O) groups is 1. The quantitative estimate of drug-likeness (QED) is 0.352. The van der Waals surface area contributed by atoms with Crippen LogP contribution in [0.4, 0.5) is 5.69 Å². The van der Waals surface area contributed by atoms with Gasteiger partial charge in [0.05, 0.1) is 5.69 Å². The average Bonchev–Trinajstić information content (AvgIpc) is 3.29. The molecule has 0 saturated heterocycles. The van der Waals surface area contributed by atoms with Gasteiger partial charge in [0.1, 0.15) is 5.01 Å². The second-order valence-corrected chi connectivity index (χ2v) is 8.36. The minimum Gasteiger partial charge on any atom is -0.322 e. The number of aromatic nitrogens is 2. The van der Waals surface area contributed by atoms with E-state index in [4.69, 9.17) is 4.98 Å². The third-order valence-electron chi connectivity index (χ3n) is 4.87. The number of amides is 1. The van der Waals surface area contributed by atoms with Crippen LogP contribution in [0.5, 0.6) is 0 Å². The van der Waals surface area contributed by atoms with Gasteiger partial charge in [-0.05, 0) is 47.4 Å². The highest BCUT2D eigenvalue weighted by Gasteiger charge is 2.08. The standard InChI is InChI=1S/C26H23N3OS/c1-18(2)20-11-8-19(9-12-20)10-13-25(30)28-23-7-3-5-21(15-23)24-17-31-26(29-24)22-6-4-14-27-16-22/h3-18H,1-2H3,(H,28,30)/b13-10+. The molecule has 2 aromatic carbocycles. The maximum Gasteiger partial charge on any atom is 0.248 e. The van der Waals surface area contributed by atoms with Crippen molar-refractivity contribution in [3.63, 3.8) is 0 Å². The van der Waals surface area contributed by atoms with Crippen molar-refractivity contribution >= 4 is 29.0 Å². The zero-order valence-corrected chi connectivity index (χ0v) is 18.3. The topological polar surface area (TPSA) is 54.9 Å². The number of carbonyl (C=O) groups excluding carboxylic acids is 1. The van der Waals surface area contributed by atoms with E-state index in [0.29, 0.717) is 5.92 Å². The smallest absolute Gasteiger partial charge is 0.248 e. The number of hydrogen-bond acceptors (Lipinski definition) is 4. The molecule has 0 aliphatic carbocycles. The van der Waals surface area contributed by atoms with Gasteiger partial charge in [0.2, 0.25) is 5.91 Å². The molecule has 4 nitrogen and oxygen atoms in total. The fourth-order valence-electron chi connectivity index (χ4n) is 3.13. The normalized spacial score (nSPS) is 11.2. The molecule has 1 amide bonds. The predicted molar refractivity (Wildman–Crippen MR) is 129 cm³/mol. The Hall–Kier alpha value is -3.57. The van der Waals surface area contributed by atoms with Gasteiger partial charge in [-0.25, -0.2) is 4.98 Å². The van der Waals surface area contributed by atoms with Crippen LogP contribution in [-0.4, -0.2) is 15.9 Å². The molecule has 0 saturated carbocycles. The van der Waals surface area contributed by atoms with Gasteiger partial charge in [-0.1, -0.05) is 50.2 Å². The Labute approximate surface area is 186 Å². The SMILES string of the molecule is CC(C)c1ccc(/C=C/C(=O)Nc2cccc(-c3csc(-c4cccnc4)n3)c2)cc1. The summed E-state index contributed by atoms with van der Waals surface area (Å²) in [5, 5.41) is 5.87. The van der Waals surface area contributed by atoms with E-state index in [0.717, 1.165) is 33.1 Å². The molecule has 0 aliphatic heterocycles. The van der Waals surface area contributed by atoms with Crippen LogP contribution in [0.25, 0.3) is 27.9 Å². The van der Waals surface area contributed by atoms with Crippen molar-refractivity contribution in [2.24, 2.45) is 0 Å². The second-order valence-electron chi connectivity index (χ2n) is 7.50. The summed E-state index contributed by atoms with van der Waals surface area (Å²) in [6, 6.07) is 19.9. The van der Waals surface area contributed by atoms with Crippen molar-refractivity contribution in [3.8, 4) is 21.8 Å². The average molecular weight is 426 g/mol. The molecule has 5 heteroatoms. The zero-order chi connectivity index (χ0) is 21.6. The van der Waals surface area contributed by atoms with E-state index in [1.165, 1.54) is 5.56 Å². The van der Waals surface area contributed by atoms with Crippen molar-refractivity contribution in [2.45, 2.75) is 19.8 Å². The molecular weight excluding hydrogens is 402 g/mol. The van der Waals surface area contributed by atoms with Crippen molar-refractivity contribution in [3.05, 3.63) is 95.6 Å². The highest BCUT2D eigenvalue weighted by Crippen LogP contribution is 2.29. The molecule has 0 aliphatic rings. The van der Waals surface area contributed by atoms with Crippen molar-refractivity contribution in [1.82, 2.24) is 9.97 Å². The van der Waals surface area contributed by atoms with Crippen molar-refractivity contribution < 1.29 is 4.79 Å². The number of nitrogens with zero attached hydrogens (tertiary/aromatic N) is 2. The molecular formula is C26H23N3OS. The van der Waals surface area contributed by atoms with Gasteiger partial charge in [-0.2, -0.15) is 0 Å². The maximum atomic E-state index is 12.4. The lowest BCUT2D eigenvalue weighted by Crippen LogP contribution is -2.07. The zero-order valence-electron chi connectivity index (χ0n) is 17.4. The Bertz CT molecular complexity index is 1190. The summed E-state index contributed by atoms with van der Waals surface area (Å²) >= 11 is 1.58. The monoisotopic (exact) mass is 425 g/mol. The summed E-state index contributed by atoms with van der Waals surface area (Å²) in [6.07, 6.45) is 6.94. The predicted octanol–water partition coefficient (Wildman–Crippen LogP) is 6.65. The van der Waals surface area contributed by atoms with Gasteiger partial charge in [-0.15, -0.1) is 11.3 Å². The highest BCUT2D eigenvalue weighted by atomic mass is 32.1. The molecule has 0 atom stereocenters. The fraction of sp³-hybridized carbons (Fsp3) is 0.115. The second kappa shape index (κ2) is 9.49. The molecule has 0 fully saturated rings. The first-order valence-corrected chi connectivity index (χ1v) is 11.0. The Balaban J connectivity index is 1.44. The molecule has 4 rings (SSSR count). The molecule has 0 unspecified atom stereocenters. The molecule has 2 aromatic heterocycles. The molecule has 0 bridgehead atoms. The summed E-state index contributed by atoms with van der Waals surface area (Å²) in [7, 11) is 0. The molecule has 0 radical (unpaired) electrons. The number of anilines is 1.